The second-order valence-corrected chi connectivity index (χ2v) is 3.81. The van der Waals surface area contributed by atoms with Crippen LogP contribution < -0.4 is 5.32 Å². The topological polar surface area (TPSA) is 79.5 Å². The van der Waals surface area contributed by atoms with Crippen molar-refractivity contribution in [1.29, 1.82) is 0 Å². The molecule has 0 unspecified atom stereocenters. The van der Waals surface area contributed by atoms with E-state index in [2.05, 4.69) is 5.32 Å². The van der Waals surface area contributed by atoms with E-state index in [1.165, 1.54) is 12.1 Å². The van der Waals surface area contributed by atoms with Crippen molar-refractivity contribution >= 4 is 11.9 Å². The lowest BCUT2D eigenvalue weighted by molar-refractivity contribution is 0.0696. The molecule has 0 saturated heterocycles. The summed E-state index contributed by atoms with van der Waals surface area (Å²) in [7, 11) is 0. The normalized spacial score (nSPS) is 10.2. The van der Waals surface area contributed by atoms with Crippen molar-refractivity contribution in [1.82, 2.24) is 5.32 Å². The Morgan fingerprint density at radius 1 is 1.26 bits per heavy atom. The fraction of sp³-hybridized carbons (Fsp3) is 0.0769. The number of hydrogen-bond acceptors (Lipinski definition) is 3. The first-order valence-electron chi connectivity index (χ1n) is 5.41. The Hall–Kier alpha value is -2.63. The van der Waals surface area contributed by atoms with Crippen molar-refractivity contribution in [2.45, 2.75) is 6.54 Å². The van der Waals surface area contributed by atoms with E-state index in [4.69, 9.17) is 9.52 Å². The third-order valence-electron chi connectivity index (χ3n) is 2.44. The average molecular weight is 263 g/mol. The van der Waals surface area contributed by atoms with Gasteiger partial charge < -0.3 is 14.8 Å². The van der Waals surface area contributed by atoms with Crippen LogP contribution in [0.25, 0.3) is 0 Å². The molecule has 1 heterocycles. The van der Waals surface area contributed by atoms with Crippen LogP contribution in [-0.4, -0.2) is 17.0 Å². The van der Waals surface area contributed by atoms with E-state index in [1.54, 1.807) is 12.1 Å². The molecule has 5 nitrogen and oxygen atoms in total. The van der Waals surface area contributed by atoms with Crippen molar-refractivity contribution in [2.75, 3.05) is 0 Å². The maximum Gasteiger partial charge on any atom is 0.338 e. The first kappa shape index (κ1) is 12.8. The number of furan rings is 1. The summed E-state index contributed by atoms with van der Waals surface area (Å²) in [5.41, 5.74) is 0.631. The predicted octanol–water partition coefficient (Wildman–Crippen LogP) is 2.05. The Kier molecular flexibility index (Phi) is 3.61. The van der Waals surface area contributed by atoms with Crippen LogP contribution in [0.4, 0.5) is 4.39 Å². The molecular formula is C13H10FNO4. The molecule has 0 spiro atoms. The minimum Gasteiger partial charge on any atom is -0.478 e. The summed E-state index contributed by atoms with van der Waals surface area (Å²) in [6.07, 6.45) is 0.995. The Bertz CT molecular complexity index is 603. The van der Waals surface area contributed by atoms with Crippen LogP contribution in [0.15, 0.2) is 41.0 Å². The number of carboxylic acid groups (broad SMARTS) is 1. The van der Waals surface area contributed by atoms with Gasteiger partial charge in [-0.1, -0.05) is 12.1 Å². The van der Waals surface area contributed by atoms with Gasteiger partial charge in [-0.05, 0) is 17.7 Å². The summed E-state index contributed by atoms with van der Waals surface area (Å²) in [6, 6.07) is 6.80. The summed E-state index contributed by atoms with van der Waals surface area (Å²) in [6.45, 7) is 0.197. The molecule has 0 atom stereocenters. The van der Waals surface area contributed by atoms with Gasteiger partial charge in [0.15, 0.2) is 5.76 Å². The van der Waals surface area contributed by atoms with Crippen LogP contribution in [0.1, 0.15) is 26.5 Å². The number of carboxylic acids is 1. The van der Waals surface area contributed by atoms with Gasteiger partial charge in [-0.2, -0.15) is 0 Å². The first-order valence-corrected chi connectivity index (χ1v) is 5.41. The van der Waals surface area contributed by atoms with Gasteiger partial charge in [-0.15, -0.1) is 0 Å². The highest BCUT2D eigenvalue weighted by Crippen LogP contribution is 2.08. The van der Waals surface area contributed by atoms with Crippen molar-refractivity contribution in [3.8, 4) is 0 Å². The van der Waals surface area contributed by atoms with Crippen molar-refractivity contribution in [3.05, 3.63) is 59.3 Å². The first-order chi connectivity index (χ1) is 9.06. The lowest BCUT2D eigenvalue weighted by atomic mass is 10.2. The van der Waals surface area contributed by atoms with Gasteiger partial charge >= 0.3 is 5.97 Å². The lowest BCUT2D eigenvalue weighted by Crippen LogP contribution is -2.22. The maximum absolute atomic E-state index is 12.7. The maximum atomic E-state index is 12.7. The zero-order valence-electron chi connectivity index (χ0n) is 9.72. The number of nitrogens with one attached hydrogen (secondary N) is 1. The smallest absolute Gasteiger partial charge is 0.338 e. The van der Waals surface area contributed by atoms with Crippen LogP contribution in [0.2, 0.25) is 0 Å². The Morgan fingerprint density at radius 3 is 2.53 bits per heavy atom. The van der Waals surface area contributed by atoms with E-state index in [0.29, 0.717) is 0 Å². The van der Waals surface area contributed by atoms with Crippen molar-refractivity contribution in [3.63, 3.8) is 0 Å². The Labute approximate surface area is 107 Å². The van der Waals surface area contributed by atoms with E-state index in [1.807, 2.05) is 0 Å². The molecule has 19 heavy (non-hydrogen) atoms. The van der Waals surface area contributed by atoms with E-state index >= 15 is 0 Å². The number of hydrogen-bond donors (Lipinski definition) is 2. The number of benzene rings is 1. The summed E-state index contributed by atoms with van der Waals surface area (Å²) < 4.78 is 17.5. The highest BCUT2D eigenvalue weighted by molar-refractivity contribution is 5.95. The van der Waals surface area contributed by atoms with Crippen LogP contribution in [0, 0.1) is 5.82 Å². The standard InChI is InChI=1S/C13H10FNO4/c14-10-3-1-8(2-4-10)6-15-12(16)11-5-9(7-19-11)13(17)18/h1-5,7H,6H2,(H,15,16)(H,17,18). The monoisotopic (exact) mass is 263 g/mol. The largest absolute Gasteiger partial charge is 0.478 e. The highest BCUT2D eigenvalue weighted by Gasteiger charge is 2.14. The van der Waals surface area contributed by atoms with Gasteiger partial charge in [-0.3, -0.25) is 4.79 Å². The van der Waals surface area contributed by atoms with Gasteiger partial charge in [0.05, 0.1) is 5.56 Å². The Morgan fingerprint density at radius 2 is 1.95 bits per heavy atom. The third kappa shape index (κ3) is 3.19. The number of rotatable bonds is 4. The van der Waals surface area contributed by atoms with Gasteiger partial charge in [-0.25, -0.2) is 9.18 Å². The van der Waals surface area contributed by atoms with Crippen LogP contribution in [0.3, 0.4) is 0 Å². The van der Waals surface area contributed by atoms with Crippen molar-refractivity contribution < 1.29 is 23.5 Å². The van der Waals surface area contributed by atoms with Gasteiger partial charge in [0.2, 0.25) is 0 Å². The minimum atomic E-state index is -1.17. The molecule has 1 aromatic heterocycles. The number of carbonyl (C=O) groups is 2. The number of amides is 1. The second kappa shape index (κ2) is 5.34. The molecular weight excluding hydrogens is 253 g/mol. The van der Waals surface area contributed by atoms with Gasteiger partial charge in [0.1, 0.15) is 12.1 Å². The molecule has 1 aromatic carbocycles. The van der Waals surface area contributed by atoms with E-state index in [-0.39, 0.29) is 23.7 Å². The fourth-order valence-electron chi connectivity index (χ4n) is 1.44. The molecule has 2 N–H and O–H groups in total. The zero-order chi connectivity index (χ0) is 13.8. The minimum absolute atomic E-state index is 0.0838. The highest BCUT2D eigenvalue weighted by atomic mass is 19.1. The molecule has 0 saturated carbocycles. The molecule has 1 amide bonds. The molecule has 0 aliphatic rings. The Balaban J connectivity index is 1.97. The predicted molar refractivity (Wildman–Crippen MR) is 63.2 cm³/mol. The van der Waals surface area contributed by atoms with E-state index < -0.39 is 11.9 Å². The number of carbonyl (C=O) groups excluding carboxylic acids is 1. The number of aromatic carboxylic acids is 1. The van der Waals surface area contributed by atoms with E-state index in [0.717, 1.165) is 17.9 Å². The molecule has 0 bridgehead atoms. The molecule has 0 aliphatic carbocycles. The molecule has 2 rings (SSSR count). The molecule has 0 fully saturated rings. The quantitative estimate of drug-likeness (QED) is 0.884. The average Bonchev–Trinajstić information content (AvgIpc) is 2.87. The third-order valence-corrected chi connectivity index (χ3v) is 2.44. The summed E-state index contributed by atoms with van der Waals surface area (Å²) >= 11 is 0. The summed E-state index contributed by atoms with van der Waals surface area (Å²) in [5.74, 6) is -2.13. The van der Waals surface area contributed by atoms with Gasteiger partial charge in [0, 0.05) is 12.6 Å². The molecule has 0 radical (unpaired) electrons. The number of halogens is 1. The van der Waals surface area contributed by atoms with Crippen LogP contribution in [0.5, 0.6) is 0 Å². The fourth-order valence-corrected chi connectivity index (χ4v) is 1.44. The van der Waals surface area contributed by atoms with Crippen LogP contribution >= 0.6 is 0 Å². The summed E-state index contributed by atoms with van der Waals surface area (Å²) in [5, 5.41) is 11.2. The summed E-state index contributed by atoms with van der Waals surface area (Å²) in [4.78, 5) is 22.3. The van der Waals surface area contributed by atoms with Gasteiger partial charge in [0.25, 0.3) is 5.91 Å². The lowest BCUT2D eigenvalue weighted by Gasteiger charge is -2.02. The molecule has 0 aliphatic heterocycles. The SMILES string of the molecule is O=C(O)c1coc(C(=O)NCc2ccc(F)cc2)c1. The van der Waals surface area contributed by atoms with E-state index in [9.17, 15) is 14.0 Å². The second-order valence-electron chi connectivity index (χ2n) is 3.81. The van der Waals surface area contributed by atoms with Crippen LogP contribution in [-0.2, 0) is 6.54 Å². The van der Waals surface area contributed by atoms with Crippen molar-refractivity contribution in [2.24, 2.45) is 0 Å². The molecule has 2 aromatic rings. The molecule has 6 heteroatoms. The zero-order valence-corrected chi connectivity index (χ0v) is 9.72. The molecule has 98 valence electrons.